The highest BCUT2D eigenvalue weighted by molar-refractivity contribution is 5.81. The number of carbonyl (C=O) groups is 1. The zero-order valence-corrected chi connectivity index (χ0v) is 13.3. The predicted octanol–water partition coefficient (Wildman–Crippen LogP) is 3.44. The van der Waals surface area contributed by atoms with Gasteiger partial charge in [0, 0.05) is 12.5 Å². The van der Waals surface area contributed by atoms with Crippen LogP contribution in [0.3, 0.4) is 0 Å². The third kappa shape index (κ3) is 3.32. The number of nitrogens with one attached hydrogen (secondary N) is 1. The van der Waals surface area contributed by atoms with E-state index in [1.807, 2.05) is 24.3 Å². The number of carbonyl (C=O) groups excluding carboxylic acids is 1. The van der Waals surface area contributed by atoms with Gasteiger partial charge < -0.3 is 9.88 Å². The third-order valence-electron chi connectivity index (χ3n) is 4.57. The Labute approximate surface area is 131 Å². The highest BCUT2D eigenvalue weighted by Gasteiger charge is 2.17. The molecular weight excluding hydrogens is 274 g/mol. The van der Waals surface area contributed by atoms with Gasteiger partial charge in [-0.1, -0.05) is 44.7 Å². The molecule has 1 aromatic heterocycles. The van der Waals surface area contributed by atoms with Gasteiger partial charge in [-0.15, -0.1) is 0 Å². The first-order valence-corrected chi connectivity index (χ1v) is 8.51. The van der Waals surface area contributed by atoms with Crippen molar-refractivity contribution in [3.63, 3.8) is 0 Å². The average molecular weight is 299 g/mol. The Morgan fingerprint density at radius 2 is 1.95 bits per heavy atom. The summed E-state index contributed by atoms with van der Waals surface area (Å²) in [6, 6.07) is 8.40. The van der Waals surface area contributed by atoms with Crippen molar-refractivity contribution < 1.29 is 4.79 Å². The van der Waals surface area contributed by atoms with E-state index >= 15 is 0 Å². The molecule has 1 N–H and O–H groups in total. The smallest absolute Gasteiger partial charge is 0.240 e. The summed E-state index contributed by atoms with van der Waals surface area (Å²) >= 11 is 0. The van der Waals surface area contributed by atoms with Crippen molar-refractivity contribution in [2.45, 2.75) is 64.5 Å². The van der Waals surface area contributed by atoms with Crippen LogP contribution in [-0.2, 0) is 17.8 Å². The summed E-state index contributed by atoms with van der Waals surface area (Å²) in [7, 11) is 0. The van der Waals surface area contributed by atoms with Gasteiger partial charge in [0.1, 0.15) is 12.4 Å². The van der Waals surface area contributed by atoms with E-state index in [1.54, 1.807) is 0 Å². The number of rotatable bonds is 4. The zero-order chi connectivity index (χ0) is 15.4. The Balaban J connectivity index is 1.73. The fraction of sp³-hybridized carbons (Fsp3) is 0.556. The Morgan fingerprint density at radius 3 is 2.68 bits per heavy atom. The van der Waals surface area contributed by atoms with Gasteiger partial charge in [0.15, 0.2) is 0 Å². The van der Waals surface area contributed by atoms with Crippen molar-refractivity contribution in [1.82, 2.24) is 14.9 Å². The topological polar surface area (TPSA) is 46.9 Å². The minimum atomic E-state index is 0.116. The van der Waals surface area contributed by atoms with Crippen LogP contribution in [0.4, 0.5) is 0 Å². The lowest BCUT2D eigenvalue weighted by Crippen LogP contribution is -2.36. The Bertz CT molecular complexity index is 639. The molecule has 1 heterocycles. The summed E-state index contributed by atoms with van der Waals surface area (Å²) < 4.78 is 2.06. The van der Waals surface area contributed by atoms with E-state index in [0.29, 0.717) is 12.6 Å². The van der Waals surface area contributed by atoms with Crippen LogP contribution in [0, 0.1) is 0 Å². The van der Waals surface area contributed by atoms with Crippen molar-refractivity contribution in [3.05, 3.63) is 30.1 Å². The summed E-state index contributed by atoms with van der Waals surface area (Å²) in [5.41, 5.74) is 2.02. The van der Waals surface area contributed by atoms with Crippen molar-refractivity contribution in [2.75, 3.05) is 0 Å². The number of nitrogens with zero attached hydrogens (tertiary/aromatic N) is 2. The number of aromatic nitrogens is 2. The first kappa shape index (κ1) is 15.1. The number of amides is 1. The van der Waals surface area contributed by atoms with Crippen molar-refractivity contribution >= 4 is 16.9 Å². The van der Waals surface area contributed by atoms with Crippen LogP contribution in [-0.4, -0.2) is 21.5 Å². The van der Waals surface area contributed by atoms with Gasteiger partial charge in [-0.25, -0.2) is 4.98 Å². The normalized spacial score (nSPS) is 16.6. The molecule has 22 heavy (non-hydrogen) atoms. The number of hydrogen-bond acceptors (Lipinski definition) is 2. The first-order chi connectivity index (χ1) is 10.8. The predicted molar refractivity (Wildman–Crippen MR) is 88.7 cm³/mol. The van der Waals surface area contributed by atoms with Gasteiger partial charge in [-0.05, 0) is 25.0 Å². The lowest BCUT2D eigenvalue weighted by atomic mass is 10.1. The van der Waals surface area contributed by atoms with Gasteiger partial charge >= 0.3 is 0 Å². The van der Waals surface area contributed by atoms with E-state index in [0.717, 1.165) is 36.1 Å². The van der Waals surface area contributed by atoms with E-state index in [-0.39, 0.29) is 5.91 Å². The van der Waals surface area contributed by atoms with Crippen LogP contribution in [0.1, 0.15) is 51.3 Å². The molecule has 0 saturated heterocycles. The zero-order valence-electron chi connectivity index (χ0n) is 13.3. The molecule has 0 spiro atoms. The molecule has 0 atom stereocenters. The molecule has 0 aliphatic heterocycles. The molecule has 4 heteroatoms. The quantitative estimate of drug-likeness (QED) is 0.879. The number of para-hydroxylation sites is 2. The van der Waals surface area contributed by atoms with Gasteiger partial charge in [-0.2, -0.15) is 0 Å². The van der Waals surface area contributed by atoms with E-state index in [9.17, 15) is 4.79 Å². The number of hydrogen-bond donors (Lipinski definition) is 1. The summed E-state index contributed by atoms with van der Waals surface area (Å²) in [6.07, 6.45) is 8.16. The number of imidazole rings is 1. The minimum absolute atomic E-state index is 0.116. The summed E-state index contributed by atoms with van der Waals surface area (Å²) in [5.74, 6) is 1.10. The van der Waals surface area contributed by atoms with Crippen LogP contribution in [0.25, 0.3) is 11.0 Å². The fourth-order valence-electron chi connectivity index (χ4n) is 3.41. The second-order valence-corrected chi connectivity index (χ2v) is 6.21. The standard InChI is InChI=1S/C18H25N3O/c1-2-17-20-15-11-7-8-12-16(15)21(17)13-18(22)19-14-9-5-3-4-6-10-14/h7-8,11-12,14H,2-6,9-10,13H2,1H3,(H,19,22). The van der Waals surface area contributed by atoms with E-state index in [4.69, 9.17) is 0 Å². The molecule has 1 fully saturated rings. The van der Waals surface area contributed by atoms with Crippen molar-refractivity contribution in [1.29, 1.82) is 0 Å². The molecule has 0 unspecified atom stereocenters. The highest BCUT2D eigenvalue weighted by atomic mass is 16.2. The molecule has 1 aromatic carbocycles. The third-order valence-corrected chi connectivity index (χ3v) is 4.57. The van der Waals surface area contributed by atoms with Crippen LogP contribution >= 0.6 is 0 Å². The van der Waals surface area contributed by atoms with Crippen molar-refractivity contribution in [2.24, 2.45) is 0 Å². The summed E-state index contributed by atoms with van der Waals surface area (Å²) in [6.45, 7) is 2.46. The van der Waals surface area contributed by atoms with Crippen LogP contribution in [0.15, 0.2) is 24.3 Å². The molecule has 4 nitrogen and oxygen atoms in total. The van der Waals surface area contributed by atoms with E-state index in [1.165, 1.54) is 25.7 Å². The fourth-order valence-corrected chi connectivity index (χ4v) is 3.41. The monoisotopic (exact) mass is 299 g/mol. The lowest BCUT2D eigenvalue weighted by Gasteiger charge is -2.17. The first-order valence-electron chi connectivity index (χ1n) is 8.51. The Morgan fingerprint density at radius 1 is 1.23 bits per heavy atom. The van der Waals surface area contributed by atoms with Gasteiger partial charge in [-0.3, -0.25) is 4.79 Å². The molecule has 0 radical (unpaired) electrons. The second kappa shape index (κ2) is 6.95. The number of aryl methyl sites for hydroxylation is 1. The molecule has 1 aliphatic carbocycles. The maximum atomic E-state index is 12.4. The number of benzene rings is 1. The molecule has 3 rings (SSSR count). The maximum absolute atomic E-state index is 12.4. The van der Waals surface area contributed by atoms with E-state index < -0.39 is 0 Å². The van der Waals surface area contributed by atoms with Crippen LogP contribution in [0.2, 0.25) is 0 Å². The SMILES string of the molecule is CCc1nc2ccccc2n1CC(=O)NC1CCCCCC1. The summed E-state index contributed by atoms with van der Waals surface area (Å²) in [4.78, 5) is 17.1. The Hall–Kier alpha value is -1.84. The molecule has 0 bridgehead atoms. The highest BCUT2D eigenvalue weighted by Crippen LogP contribution is 2.18. The minimum Gasteiger partial charge on any atom is -0.352 e. The van der Waals surface area contributed by atoms with Crippen LogP contribution < -0.4 is 5.32 Å². The molecule has 1 amide bonds. The molecule has 2 aromatic rings. The molecule has 118 valence electrons. The lowest BCUT2D eigenvalue weighted by molar-refractivity contribution is -0.122. The molecular formula is C18H25N3O. The van der Waals surface area contributed by atoms with Crippen LogP contribution in [0.5, 0.6) is 0 Å². The largest absolute Gasteiger partial charge is 0.352 e. The van der Waals surface area contributed by atoms with Crippen molar-refractivity contribution in [3.8, 4) is 0 Å². The van der Waals surface area contributed by atoms with E-state index in [2.05, 4.69) is 21.8 Å². The van der Waals surface area contributed by atoms with Gasteiger partial charge in [0.05, 0.1) is 11.0 Å². The Kier molecular flexibility index (Phi) is 4.76. The van der Waals surface area contributed by atoms with Gasteiger partial charge in [0.25, 0.3) is 0 Å². The average Bonchev–Trinajstić information content (AvgIpc) is 2.69. The summed E-state index contributed by atoms with van der Waals surface area (Å²) in [5, 5.41) is 3.23. The van der Waals surface area contributed by atoms with Gasteiger partial charge in [0.2, 0.25) is 5.91 Å². The number of fused-ring (bicyclic) bond motifs is 1. The molecule has 1 aliphatic rings. The molecule has 1 saturated carbocycles. The maximum Gasteiger partial charge on any atom is 0.240 e. The second-order valence-electron chi connectivity index (χ2n) is 6.21.